The van der Waals surface area contributed by atoms with E-state index in [0.717, 1.165) is 12.8 Å². The Morgan fingerprint density at radius 1 is 0.800 bits per heavy atom. The quantitative estimate of drug-likeness (QED) is 0.398. The van der Waals surface area contributed by atoms with E-state index in [1.807, 2.05) is 3.28 Å². The zero-order chi connectivity index (χ0) is 28.4. The zero-order valence-electron chi connectivity index (χ0n) is 27.4. The van der Waals surface area contributed by atoms with Gasteiger partial charge in [-0.1, -0.05) is 0 Å². The van der Waals surface area contributed by atoms with Crippen LogP contribution in [0.4, 0.5) is 0 Å². The van der Waals surface area contributed by atoms with Crippen molar-refractivity contribution in [2.24, 2.45) is 11.3 Å². The van der Waals surface area contributed by atoms with Crippen molar-refractivity contribution in [1.82, 2.24) is 0 Å². The summed E-state index contributed by atoms with van der Waals surface area (Å²) >= 11 is -2.41. The van der Waals surface area contributed by atoms with Gasteiger partial charge in [-0.05, 0) is 0 Å². The molecule has 0 heterocycles. The van der Waals surface area contributed by atoms with Crippen LogP contribution >= 0.6 is 0 Å². The number of allylic oxidation sites excluding steroid dienone is 4. The predicted molar refractivity (Wildman–Crippen MR) is 167 cm³/mol. The molecule has 2 aromatic rings. The third-order valence-electron chi connectivity index (χ3n) is 8.76. The Morgan fingerprint density at radius 3 is 1.88 bits per heavy atom. The summed E-state index contributed by atoms with van der Waals surface area (Å²) < 4.78 is 5.40. The fourth-order valence-electron chi connectivity index (χ4n) is 6.80. The molecule has 40 heavy (non-hydrogen) atoms. The summed E-state index contributed by atoms with van der Waals surface area (Å²) in [5.74, 6) is 0.600. The van der Waals surface area contributed by atoms with Crippen LogP contribution in [0.2, 0.25) is 0 Å². The molecule has 0 N–H and O–H groups in total. The second-order valence-electron chi connectivity index (χ2n) is 15.0. The van der Waals surface area contributed by atoms with Gasteiger partial charge in [-0.25, -0.2) is 0 Å². The first-order valence-corrected chi connectivity index (χ1v) is 18.6. The predicted octanol–water partition coefficient (Wildman–Crippen LogP) is 3.99. The zero-order valence-corrected chi connectivity index (χ0v) is 31.4. The molecule has 0 bridgehead atoms. The second-order valence-corrected chi connectivity index (χ2v) is 21.9. The van der Waals surface area contributed by atoms with E-state index >= 15 is 0 Å². The molecule has 0 saturated carbocycles. The van der Waals surface area contributed by atoms with E-state index in [9.17, 15) is 0 Å². The molecule has 0 amide bonds. The summed E-state index contributed by atoms with van der Waals surface area (Å²) in [5, 5.41) is 0. The Balaban J connectivity index is 0.00000280. The van der Waals surface area contributed by atoms with Gasteiger partial charge in [0.05, 0.1) is 0 Å². The number of hydrogen-bond acceptors (Lipinski definition) is 0. The Bertz CT molecular complexity index is 1360. The van der Waals surface area contributed by atoms with Crippen LogP contribution in [-0.2, 0) is 38.5 Å². The maximum atomic E-state index is 2.68. The van der Waals surface area contributed by atoms with Crippen LogP contribution in [-0.4, -0.2) is 3.21 Å². The van der Waals surface area contributed by atoms with E-state index in [1.54, 1.807) is 28.8 Å². The maximum Gasteiger partial charge on any atom is -1.00 e. The van der Waals surface area contributed by atoms with Crippen LogP contribution in [0, 0.1) is 11.3 Å². The van der Waals surface area contributed by atoms with Crippen LogP contribution in [0.3, 0.4) is 0 Å². The molecular weight excluding hydrogens is 607 g/mol. The van der Waals surface area contributed by atoms with Crippen molar-refractivity contribution in [3.63, 3.8) is 0 Å². The minimum absolute atomic E-state index is 0. The van der Waals surface area contributed by atoms with Gasteiger partial charge in [0, 0.05) is 0 Å². The SMILES string of the molecule is CCC1=[C]([Zr+2](=[C](C)C)[c]2c(C(C)(C)C)ccc3c2Cc2cc(C(C)(C)C)ccc2-3)C(CC)C=C1C(C)(C)C.[Cl-].[Cl-]. The molecule has 218 valence electrons. The van der Waals surface area contributed by atoms with Crippen LogP contribution in [0.15, 0.2) is 50.8 Å². The van der Waals surface area contributed by atoms with Crippen molar-refractivity contribution in [2.45, 2.75) is 120 Å². The van der Waals surface area contributed by atoms with E-state index in [4.69, 9.17) is 0 Å². The number of hydrogen-bond donors (Lipinski definition) is 0. The van der Waals surface area contributed by atoms with Crippen LogP contribution in [0.1, 0.15) is 125 Å². The molecule has 0 radical (unpaired) electrons. The Labute approximate surface area is 266 Å². The monoisotopic (exact) mass is 656 g/mol. The first kappa shape index (κ1) is 35.4. The number of benzene rings is 2. The first-order valence-electron chi connectivity index (χ1n) is 14.9. The molecular formula is C37H52Cl2Zr. The average molecular weight is 659 g/mol. The molecule has 3 heteroatoms. The maximum absolute atomic E-state index is 2.68. The van der Waals surface area contributed by atoms with Gasteiger partial charge in [-0.15, -0.1) is 0 Å². The van der Waals surface area contributed by atoms with Crippen molar-refractivity contribution >= 4 is 6.48 Å². The molecule has 0 spiro atoms. The third-order valence-corrected chi connectivity index (χ3v) is 16.8. The number of halogens is 2. The van der Waals surface area contributed by atoms with Gasteiger partial charge in [0.2, 0.25) is 0 Å². The molecule has 0 saturated heterocycles. The molecule has 1 unspecified atom stereocenters. The fraction of sp³-hybridized carbons (Fsp3) is 0.541. The molecule has 0 aliphatic heterocycles. The molecule has 0 nitrogen and oxygen atoms in total. The number of rotatable bonds is 4. The van der Waals surface area contributed by atoms with E-state index in [-0.39, 0.29) is 41.1 Å². The normalized spacial score (nSPS) is 16.4. The Kier molecular flexibility index (Phi) is 11.0. The summed E-state index contributed by atoms with van der Waals surface area (Å²) in [6.45, 7) is 31.3. The van der Waals surface area contributed by atoms with Gasteiger partial charge in [-0.2, -0.15) is 0 Å². The van der Waals surface area contributed by atoms with Crippen molar-refractivity contribution < 1.29 is 46.1 Å². The summed E-state index contributed by atoms with van der Waals surface area (Å²) in [5.41, 5.74) is 13.1. The van der Waals surface area contributed by atoms with Crippen molar-refractivity contribution in [2.75, 3.05) is 0 Å². The summed E-state index contributed by atoms with van der Waals surface area (Å²) in [6, 6.07) is 12.3. The van der Waals surface area contributed by atoms with Gasteiger partial charge in [-0.3, -0.25) is 0 Å². The molecule has 2 aliphatic carbocycles. The van der Waals surface area contributed by atoms with E-state index in [1.165, 1.54) is 28.7 Å². The van der Waals surface area contributed by atoms with Crippen LogP contribution < -0.4 is 28.1 Å². The summed E-state index contributed by atoms with van der Waals surface area (Å²) in [6.07, 6.45) is 6.14. The fourth-order valence-corrected chi connectivity index (χ4v) is 16.2. The first-order chi connectivity index (χ1) is 17.5. The Morgan fingerprint density at radius 2 is 1.40 bits per heavy atom. The molecule has 0 aromatic heterocycles. The van der Waals surface area contributed by atoms with Gasteiger partial charge >= 0.3 is 243 Å². The smallest absolute Gasteiger partial charge is 1.00 e. The molecule has 1 atom stereocenters. The van der Waals surface area contributed by atoms with Crippen LogP contribution in [0.5, 0.6) is 0 Å². The van der Waals surface area contributed by atoms with Gasteiger partial charge in [0.1, 0.15) is 0 Å². The minimum Gasteiger partial charge on any atom is -1.00 e. The summed E-state index contributed by atoms with van der Waals surface area (Å²) in [7, 11) is 0. The Hall–Kier alpha value is -0.747. The van der Waals surface area contributed by atoms with E-state index in [0.29, 0.717) is 5.92 Å². The molecule has 2 aromatic carbocycles. The van der Waals surface area contributed by atoms with Crippen molar-refractivity contribution in [3.8, 4) is 11.1 Å². The summed E-state index contributed by atoms with van der Waals surface area (Å²) in [4.78, 5) is 0. The van der Waals surface area contributed by atoms with Gasteiger partial charge < -0.3 is 24.8 Å². The largest absolute Gasteiger partial charge is 1.00 e. The second kappa shape index (κ2) is 12.5. The molecule has 4 rings (SSSR count). The minimum atomic E-state index is -2.41. The van der Waals surface area contributed by atoms with E-state index < -0.39 is 21.3 Å². The average Bonchev–Trinajstić information content (AvgIpc) is 3.35. The van der Waals surface area contributed by atoms with Crippen molar-refractivity contribution in [3.05, 3.63) is 73.1 Å². The van der Waals surface area contributed by atoms with Crippen LogP contribution in [0.25, 0.3) is 11.1 Å². The van der Waals surface area contributed by atoms with Gasteiger partial charge in [0.15, 0.2) is 0 Å². The van der Waals surface area contributed by atoms with Crippen molar-refractivity contribution in [1.29, 1.82) is 0 Å². The molecule has 0 fully saturated rings. The molecule has 2 aliphatic rings. The number of fused-ring (bicyclic) bond motifs is 3. The topological polar surface area (TPSA) is 0 Å². The third kappa shape index (κ3) is 6.43. The van der Waals surface area contributed by atoms with Gasteiger partial charge in [0.25, 0.3) is 0 Å². The van der Waals surface area contributed by atoms with E-state index in [2.05, 4.69) is 126 Å². The standard InChI is InChI=1S/C21H25.C13H21.C3H6.2ClH.Zr/c1-20(2,3)16-7-9-18-14(12-16)11-15-13-17(21(4,5)6)8-10-19(15)18;1-6-10-8-11(7-2)12(9-10)13(3,4)5;1-3-2;;;/h7-10,12H,11H2,1-6H3;9-10H,6-7H2,1-5H3;1-2H3;2*1H;/q;;;;;+2/p-2.